The van der Waals surface area contributed by atoms with Crippen LogP contribution in [0.2, 0.25) is 0 Å². The molecule has 1 fully saturated rings. The van der Waals surface area contributed by atoms with Crippen molar-refractivity contribution >= 4 is 22.8 Å². The highest BCUT2D eigenvalue weighted by Gasteiger charge is 2.36. The van der Waals surface area contributed by atoms with Gasteiger partial charge in [-0.15, -0.1) is 0 Å². The molecule has 0 saturated carbocycles. The summed E-state index contributed by atoms with van der Waals surface area (Å²) < 4.78 is 26.4. The summed E-state index contributed by atoms with van der Waals surface area (Å²) in [6.45, 7) is 5.85. The van der Waals surface area contributed by atoms with Crippen LogP contribution < -0.4 is 0 Å². The molecule has 1 aliphatic rings. The van der Waals surface area contributed by atoms with E-state index in [0.717, 1.165) is 0 Å². The highest BCUT2D eigenvalue weighted by Crippen LogP contribution is 2.20. The first-order chi connectivity index (χ1) is 6.02. The predicted octanol–water partition coefficient (Wildman–Crippen LogP) is 0.187. The Morgan fingerprint density at radius 2 is 1.85 bits per heavy atom. The third-order valence-corrected chi connectivity index (χ3v) is 4.63. The lowest BCUT2D eigenvalue weighted by Gasteiger charge is -2.38. The Balaban J connectivity index is 2.65. The summed E-state index contributed by atoms with van der Waals surface area (Å²) in [7, 11) is -3.18. The van der Waals surface area contributed by atoms with Crippen molar-refractivity contribution in [1.82, 2.24) is 8.61 Å². The number of hydrogen-bond acceptors (Lipinski definition) is 3. The van der Waals surface area contributed by atoms with Crippen LogP contribution in [0.4, 0.5) is 0 Å². The molecule has 4 nitrogen and oxygen atoms in total. The van der Waals surface area contributed by atoms with Gasteiger partial charge in [0.15, 0.2) is 0 Å². The zero-order valence-corrected chi connectivity index (χ0v) is 9.68. The zero-order chi connectivity index (χ0) is 10.1. The summed E-state index contributed by atoms with van der Waals surface area (Å²) in [4.78, 5) is 0. The topological polar surface area (TPSA) is 40.6 Å². The van der Waals surface area contributed by atoms with Crippen LogP contribution in [0.25, 0.3) is 0 Å². The van der Waals surface area contributed by atoms with E-state index in [2.05, 4.69) is 12.6 Å². The molecule has 0 aromatic heterocycles. The Morgan fingerprint density at radius 3 is 2.15 bits per heavy atom. The van der Waals surface area contributed by atoms with Gasteiger partial charge < -0.3 is 0 Å². The zero-order valence-electron chi connectivity index (χ0n) is 7.97. The average Bonchev–Trinajstić information content (AvgIpc) is 2.00. The van der Waals surface area contributed by atoms with E-state index in [1.807, 2.05) is 13.8 Å². The van der Waals surface area contributed by atoms with E-state index in [9.17, 15) is 8.42 Å². The fraction of sp³-hybridized carbons (Fsp3) is 1.00. The van der Waals surface area contributed by atoms with E-state index >= 15 is 0 Å². The van der Waals surface area contributed by atoms with Crippen LogP contribution in [0, 0.1) is 0 Å². The molecular formula is C7H16N2O2S2. The lowest BCUT2D eigenvalue weighted by Crippen LogP contribution is -2.55. The van der Waals surface area contributed by atoms with E-state index in [1.165, 1.54) is 8.61 Å². The number of rotatable bonds is 4. The van der Waals surface area contributed by atoms with Gasteiger partial charge in [0.05, 0.1) is 0 Å². The molecule has 0 atom stereocenters. The van der Waals surface area contributed by atoms with Gasteiger partial charge in [0.1, 0.15) is 0 Å². The SMILES string of the molecule is CCN(CC)S(=O)(=O)N1CC(S)C1. The van der Waals surface area contributed by atoms with E-state index in [4.69, 9.17) is 0 Å². The van der Waals surface area contributed by atoms with Gasteiger partial charge in [-0.1, -0.05) is 13.8 Å². The van der Waals surface area contributed by atoms with E-state index in [-0.39, 0.29) is 5.25 Å². The van der Waals surface area contributed by atoms with Gasteiger partial charge in [-0.3, -0.25) is 0 Å². The third kappa shape index (κ3) is 2.18. The molecule has 0 radical (unpaired) electrons. The molecule has 0 unspecified atom stereocenters. The van der Waals surface area contributed by atoms with E-state index in [1.54, 1.807) is 0 Å². The second-order valence-electron chi connectivity index (χ2n) is 3.06. The second-order valence-corrected chi connectivity index (χ2v) is 5.72. The van der Waals surface area contributed by atoms with Gasteiger partial charge in [0.2, 0.25) is 0 Å². The molecule has 0 amide bonds. The summed E-state index contributed by atoms with van der Waals surface area (Å²) >= 11 is 4.18. The van der Waals surface area contributed by atoms with Crippen LogP contribution >= 0.6 is 12.6 Å². The van der Waals surface area contributed by atoms with Gasteiger partial charge >= 0.3 is 0 Å². The lowest BCUT2D eigenvalue weighted by molar-refractivity contribution is 0.286. The van der Waals surface area contributed by atoms with Crippen molar-refractivity contribution < 1.29 is 8.42 Å². The van der Waals surface area contributed by atoms with Crippen LogP contribution in [-0.2, 0) is 10.2 Å². The minimum absolute atomic E-state index is 0.213. The summed E-state index contributed by atoms with van der Waals surface area (Å²) in [5.41, 5.74) is 0. The van der Waals surface area contributed by atoms with Gasteiger partial charge in [-0.2, -0.15) is 29.7 Å². The van der Waals surface area contributed by atoms with Gasteiger partial charge in [-0.05, 0) is 0 Å². The first-order valence-electron chi connectivity index (χ1n) is 4.45. The molecule has 0 aromatic carbocycles. The Kier molecular flexibility index (Phi) is 3.62. The Hall–Kier alpha value is 0.220. The minimum Gasteiger partial charge on any atom is -0.195 e. The fourth-order valence-electron chi connectivity index (χ4n) is 1.32. The quantitative estimate of drug-likeness (QED) is 0.692. The Bertz CT molecular complexity index is 256. The van der Waals surface area contributed by atoms with Crippen molar-refractivity contribution in [2.45, 2.75) is 19.1 Å². The van der Waals surface area contributed by atoms with Crippen LogP contribution in [0.1, 0.15) is 13.8 Å². The van der Waals surface area contributed by atoms with Crippen molar-refractivity contribution in [3.8, 4) is 0 Å². The predicted molar refractivity (Wildman–Crippen MR) is 56.2 cm³/mol. The second kappa shape index (κ2) is 4.16. The summed E-state index contributed by atoms with van der Waals surface area (Å²) in [6.07, 6.45) is 0. The molecule has 0 aliphatic carbocycles. The molecule has 1 rings (SSSR count). The van der Waals surface area contributed by atoms with Crippen LogP contribution in [-0.4, -0.2) is 48.5 Å². The van der Waals surface area contributed by atoms with Crippen molar-refractivity contribution in [3.63, 3.8) is 0 Å². The highest BCUT2D eigenvalue weighted by molar-refractivity contribution is 7.87. The number of nitrogens with zero attached hydrogens (tertiary/aromatic N) is 2. The van der Waals surface area contributed by atoms with E-state index in [0.29, 0.717) is 26.2 Å². The third-order valence-electron chi connectivity index (χ3n) is 2.19. The van der Waals surface area contributed by atoms with Crippen molar-refractivity contribution in [1.29, 1.82) is 0 Å². The molecule has 0 N–H and O–H groups in total. The maximum Gasteiger partial charge on any atom is 0.282 e. The molecular weight excluding hydrogens is 208 g/mol. The van der Waals surface area contributed by atoms with Gasteiger partial charge in [0.25, 0.3) is 10.2 Å². The monoisotopic (exact) mass is 224 g/mol. The van der Waals surface area contributed by atoms with Crippen LogP contribution in [0.3, 0.4) is 0 Å². The first kappa shape index (κ1) is 11.3. The van der Waals surface area contributed by atoms with Crippen LogP contribution in [0.5, 0.6) is 0 Å². The molecule has 0 spiro atoms. The number of hydrogen-bond donors (Lipinski definition) is 1. The lowest BCUT2D eigenvalue weighted by atomic mass is 10.3. The minimum atomic E-state index is -3.18. The highest BCUT2D eigenvalue weighted by atomic mass is 32.2. The number of thiol groups is 1. The standard InChI is InChI=1S/C7H16N2O2S2/c1-3-8(4-2)13(10,11)9-5-7(12)6-9/h7,12H,3-6H2,1-2H3. The molecule has 78 valence electrons. The molecule has 13 heavy (non-hydrogen) atoms. The largest absolute Gasteiger partial charge is 0.282 e. The molecule has 6 heteroatoms. The average molecular weight is 224 g/mol. The maximum atomic E-state index is 11.7. The Morgan fingerprint density at radius 1 is 1.38 bits per heavy atom. The van der Waals surface area contributed by atoms with E-state index < -0.39 is 10.2 Å². The first-order valence-corrected chi connectivity index (χ1v) is 6.37. The summed E-state index contributed by atoms with van der Waals surface area (Å²) in [5.74, 6) is 0. The molecule has 1 aliphatic heterocycles. The van der Waals surface area contributed by atoms with Gasteiger partial charge in [-0.25, -0.2) is 0 Å². The summed E-state index contributed by atoms with van der Waals surface area (Å²) in [6, 6.07) is 0. The molecule has 1 saturated heterocycles. The van der Waals surface area contributed by atoms with Gasteiger partial charge in [0, 0.05) is 31.4 Å². The van der Waals surface area contributed by atoms with Crippen LogP contribution in [0.15, 0.2) is 0 Å². The molecule has 0 aromatic rings. The normalized spacial score (nSPS) is 20.6. The maximum absolute atomic E-state index is 11.7. The molecule has 0 bridgehead atoms. The molecule has 1 heterocycles. The summed E-state index contributed by atoms with van der Waals surface area (Å²) in [5, 5.41) is 0.213. The fourth-order valence-corrected chi connectivity index (χ4v) is 3.65. The smallest absolute Gasteiger partial charge is 0.195 e. The van der Waals surface area contributed by atoms with Crippen molar-refractivity contribution in [2.75, 3.05) is 26.2 Å². The van der Waals surface area contributed by atoms with Crippen molar-refractivity contribution in [3.05, 3.63) is 0 Å². The Labute approximate surface area is 85.5 Å². The van der Waals surface area contributed by atoms with Crippen molar-refractivity contribution in [2.24, 2.45) is 0 Å².